The van der Waals surface area contributed by atoms with E-state index >= 15 is 0 Å². The van der Waals surface area contributed by atoms with Crippen LogP contribution in [-0.2, 0) is 13.0 Å². The minimum Gasteiger partial charge on any atom is -0.354 e. The topological polar surface area (TPSA) is 52.0 Å². The van der Waals surface area contributed by atoms with Gasteiger partial charge in [-0.05, 0) is 30.5 Å². The third-order valence-corrected chi connectivity index (χ3v) is 6.27. The van der Waals surface area contributed by atoms with Gasteiger partial charge in [0.05, 0.1) is 6.54 Å². The lowest BCUT2D eigenvalue weighted by molar-refractivity contribution is 0.0699. The molecule has 0 unspecified atom stereocenters. The average molecular weight is 390 g/mol. The molecule has 2 aromatic rings. The molecular formula is C23H27N5O. The summed E-state index contributed by atoms with van der Waals surface area (Å²) in [4.78, 5) is 28.9. The van der Waals surface area contributed by atoms with Crippen molar-refractivity contribution in [2.24, 2.45) is 4.99 Å². The number of fused-ring (bicyclic) bond motifs is 2. The maximum atomic E-state index is 12.8. The van der Waals surface area contributed by atoms with Crippen LogP contribution in [0.15, 0.2) is 41.4 Å². The number of piperazine rings is 1. The first-order valence-corrected chi connectivity index (χ1v) is 10.5. The number of pyridine rings is 1. The molecule has 3 aliphatic rings. The van der Waals surface area contributed by atoms with E-state index in [0.29, 0.717) is 5.69 Å². The highest BCUT2D eigenvalue weighted by Crippen LogP contribution is 2.22. The van der Waals surface area contributed by atoms with Crippen LogP contribution in [0, 0.1) is 6.92 Å². The van der Waals surface area contributed by atoms with Gasteiger partial charge in [0.25, 0.3) is 5.91 Å². The molecule has 0 radical (unpaired) electrons. The van der Waals surface area contributed by atoms with Crippen molar-refractivity contribution in [2.75, 3.05) is 45.8 Å². The van der Waals surface area contributed by atoms with Gasteiger partial charge in [-0.25, -0.2) is 4.98 Å². The first-order valence-electron chi connectivity index (χ1n) is 10.5. The predicted molar refractivity (Wildman–Crippen MR) is 113 cm³/mol. The first kappa shape index (κ1) is 18.3. The van der Waals surface area contributed by atoms with Gasteiger partial charge < -0.3 is 9.80 Å². The molecule has 3 aliphatic heterocycles. The Morgan fingerprint density at radius 1 is 0.931 bits per heavy atom. The minimum absolute atomic E-state index is 0.0884. The highest BCUT2D eigenvalue weighted by atomic mass is 16.2. The van der Waals surface area contributed by atoms with Gasteiger partial charge in [-0.1, -0.05) is 30.3 Å². The normalized spacial score (nSPS) is 19.2. The van der Waals surface area contributed by atoms with E-state index in [1.54, 1.807) is 0 Å². The Morgan fingerprint density at radius 3 is 2.62 bits per heavy atom. The zero-order valence-corrected chi connectivity index (χ0v) is 17.0. The predicted octanol–water partition coefficient (Wildman–Crippen LogP) is 1.97. The summed E-state index contributed by atoms with van der Waals surface area (Å²) in [5.41, 5.74) is 5.27. The van der Waals surface area contributed by atoms with Crippen LogP contribution in [0.4, 0.5) is 0 Å². The van der Waals surface area contributed by atoms with E-state index in [4.69, 9.17) is 4.99 Å². The first-order chi connectivity index (χ1) is 14.2. The fourth-order valence-electron chi connectivity index (χ4n) is 4.53. The summed E-state index contributed by atoms with van der Waals surface area (Å²) in [6.45, 7) is 9.24. The quantitative estimate of drug-likeness (QED) is 0.805. The van der Waals surface area contributed by atoms with E-state index in [2.05, 4.69) is 45.1 Å². The molecule has 1 fully saturated rings. The summed E-state index contributed by atoms with van der Waals surface area (Å²) >= 11 is 0. The van der Waals surface area contributed by atoms with Crippen molar-refractivity contribution in [3.63, 3.8) is 0 Å². The van der Waals surface area contributed by atoms with Gasteiger partial charge in [0, 0.05) is 57.1 Å². The molecule has 0 saturated carbocycles. The van der Waals surface area contributed by atoms with E-state index in [0.717, 1.165) is 75.9 Å². The number of aromatic nitrogens is 1. The van der Waals surface area contributed by atoms with Crippen LogP contribution >= 0.6 is 0 Å². The summed E-state index contributed by atoms with van der Waals surface area (Å²) in [6.07, 6.45) is 0.904. The Labute approximate surface area is 171 Å². The van der Waals surface area contributed by atoms with Gasteiger partial charge >= 0.3 is 0 Å². The lowest BCUT2D eigenvalue weighted by atomic mass is 10.0. The SMILES string of the molecule is Cc1ccc2c(n1)C(=O)N(CCN1CCN(C3=NCc4ccccc43)CC1)CC2. The van der Waals surface area contributed by atoms with Crippen molar-refractivity contribution in [1.82, 2.24) is 19.7 Å². The Morgan fingerprint density at radius 2 is 1.76 bits per heavy atom. The molecular weight excluding hydrogens is 362 g/mol. The van der Waals surface area contributed by atoms with Crippen LogP contribution in [0.5, 0.6) is 0 Å². The van der Waals surface area contributed by atoms with E-state index in [-0.39, 0.29) is 5.91 Å². The molecule has 1 amide bonds. The second-order valence-corrected chi connectivity index (χ2v) is 8.13. The summed E-state index contributed by atoms with van der Waals surface area (Å²) < 4.78 is 0. The van der Waals surface area contributed by atoms with Crippen LogP contribution in [0.1, 0.15) is 32.9 Å². The van der Waals surface area contributed by atoms with Crippen molar-refractivity contribution in [1.29, 1.82) is 0 Å². The van der Waals surface area contributed by atoms with Gasteiger partial charge in [0.15, 0.2) is 0 Å². The maximum Gasteiger partial charge on any atom is 0.272 e. The lowest BCUT2D eigenvalue weighted by Gasteiger charge is -2.37. The maximum absolute atomic E-state index is 12.8. The van der Waals surface area contributed by atoms with Crippen LogP contribution in [0.2, 0.25) is 0 Å². The Balaban J connectivity index is 1.15. The molecule has 1 aromatic carbocycles. The van der Waals surface area contributed by atoms with Crippen molar-refractivity contribution in [2.45, 2.75) is 19.9 Å². The molecule has 6 nitrogen and oxygen atoms in total. The Bertz CT molecular complexity index is 961. The summed E-state index contributed by atoms with van der Waals surface area (Å²) in [5.74, 6) is 1.25. The summed E-state index contributed by atoms with van der Waals surface area (Å²) in [5, 5.41) is 0. The van der Waals surface area contributed by atoms with Crippen LogP contribution in [-0.4, -0.2) is 77.2 Å². The largest absolute Gasteiger partial charge is 0.354 e. The summed E-state index contributed by atoms with van der Waals surface area (Å²) in [7, 11) is 0. The minimum atomic E-state index is 0.0884. The molecule has 0 N–H and O–H groups in total. The van der Waals surface area contributed by atoms with Gasteiger partial charge in [-0.3, -0.25) is 14.7 Å². The van der Waals surface area contributed by atoms with Crippen molar-refractivity contribution < 1.29 is 4.79 Å². The highest BCUT2D eigenvalue weighted by Gasteiger charge is 2.28. The molecule has 6 heteroatoms. The van der Waals surface area contributed by atoms with Gasteiger partial charge in [-0.15, -0.1) is 0 Å². The van der Waals surface area contributed by atoms with E-state index in [9.17, 15) is 4.79 Å². The number of amides is 1. The second kappa shape index (κ2) is 7.59. The number of aliphatic imine (C=N–C) groups is 1. The van der Waals surface area contributed by atoms with Crippen molar-refractivity contribution in [3.8, 4) is 0 Å². The molecule has 0 aliphatic carbocycles. The number of rotatable bonds is 3. The summed E-state index contributed by atoms with van der Waals surface area (Å²) in [6, 6.07) is 12.6. The average Bonchev–Trinajstić information content (AvgIpc) is 3.18. The Kier molecular flexibility index (Phi) is 4.79. The monoisotopic (exact) mass is 389 g/mol. The van der Waals surface area contributed by atoms with E-state index in [1.807, 2.05) is 17.9 Å². The van der Waals surface area contributed by atoms with Crippen molar-refractivity contribution in [3.05, 3.63) is 64.5 Å². The highest BCUT2D eigenvalue weighted by molar-refractivity contribution is 6.02. The number of hydrogen-bond donors (Lipinski definition) is 0. The number of amidine groups is 1. The fraction of sp³-hybridized carbons (Fsp3) is 0.435. The number of hydrogen-bond acceptors (Lipinski definition) is 5. The Hall–Kier alpha value is -2.73. The third kappa shape index (κ3) is 3.53. The van der Waals surface area contributed by atoms with Crippen LogP contribution in [0.25, 0.3) is 0 Å². The standard InChI is InChI=1S/C23H27N5O/c1-17-6-7-18-8-9-28(23(29)21(18)25-17)15-12-26-10-13-27(14-11-26)22-20-5-3-2-4-19(20)16-24-22/h2-7H,8-16H2,1H3. The number of carbonyl (C=O) groups is 1. The smallest absolute Gasteiger partial charge is 0.272 e. The molecule has 1 aromatic heterocycles. The number of aryl methyl sites for hydroxylation is 1. The molecule has 1 saturated heterocycles. The number of benzene rings is 1. The number of nitrogens with zero attached hydrogens (tertiary/aromatic N) is 5. The zero-order chi connectivity index (χ0) is 19.8. The number of carbonyl (C=O) groups excluding carboxylic acids is 1. The molecule has 0 spiro atoms. The van der Waals surface area contributed by atoms with Gasteiger partial charge in [0.1, 0.15) is 11.5 Å². The molecule has 0 bridgehead atoms. The molecule has 0 atom stereocenters. The fourth-order valence-corrected chi connectivity index (χ4v) is 4.53. The van der Waals surface area contributed by atoms with Gasteiger partial charge in [-0.2, -0.15) is 0 Å². The van der Waals surface area contributed by atoms with Crippen LogP contribution < -0.4 is 0 Å². The zero-order valence-electron chi connectivity index (χ0n) is 17.0. The molecule has 29 heavy (non-hydrogen) atoms. The van der Waals surface area contributed by atoms with E-state index < -0.39 is 0 Å². The molecule has 150 valence electrons. The lowest BCUT2D eigenvalue weighted by Crippen LogP contribution is -2.51. The van der Waals surface area contributed by atoms with E-state index in [1.165, 1.54) is 11.1 Å². The van der Waals surface area contributed by atoms with Gasteiger partial charge in [0.2, 0.25) is 0 Å². The molecule has 4 heterocycles. The second-order valence-electron chi connectivity index (χ2n) is 8.13. The molecule has 5 rings (SSSR count). The van der Waals surface area contributed by atoms with Crippen LogP contribution in [0.3, 0.4) is 0 Å². The third-order valence-electron chi connectivity index (χ3n) is 6.27. The van der Waals surface area contributed by atoms with Crippen molar-refractivity contribution >= 4 is 11.7 Å².